The molecule has 0 amide bonds. The van der Waals surface area contributed by atoms with Crippen molar-refractivity contribution in [2.24, 2.45) is 0 Å². The standard InChI is InChI=1S/C21H17NO7/c1-25-14-7-12(18(26-2)20-19(14)27-9-28-20)11-8-15(23)29-17-10-5-3-4-6-13(10)22-21(24)16(11)17/h3-7,11H,8-9H2,1-2H3,(H,22,24)/t11-/m1/s1. The zero-order valence-corrected chi connectivity index (χ0v) is 15.7. The third-order valence-electron chi connectivity index (χ3n) is 5.24. The second kappa shape index (κ2) is 6.44. The van der Waals surface area contributed by atoms with Gasteiger partial charge in [0.1, 0.15) is 5.75 Å². The second-order valence-corrected chi connectivity index (χ2v) is 6.74. The van der Waals surface area contributed by atoms with Gasteiger partial charge in [-0.15, -0.1) is 0 Å². The number of benzene rings is 2. The fourth-order valence-corrected chi connectivity index (χ4v) is 4.00. The smallest absolute Gasteiger partial charge is 0.312 e. The van der Waals surface area contributed by atoms with Crippen LogP contribution in [0.5, 0.6) is 28.7 Å². The molecule has 1 N–H and O–H groups in total. The topological polar surface area (TPSA) is 96.1 Å². The summed E-state index contributed by atoms with van der Waals surface area (Å²) in [5.41, 5.74) is 1.23. The van der Waals surface area contributed by atoms with Crippen molar-refractivity contribution >= 4 is 16.9 Å². The van der Waals surface area contributed by atoms with E-state index >= 15 is 0 Å². The highest BCUT2D eigenvalue weighted by molar-refractivity contribution is 5.91. The Bertz CT molecular complexity index is 1210. The summed E-state index contributed by atoms with van der Waals surface area (Å²) in [6.45, 7) is 0.0278. The van der Waals surface area contributed by atoms with Gasteiger partial charge in [0, 0.05) is 16.9 Å². The Kier molecular flexibility index (Phi) is 3.87. The molecule has 0 fully saturated rings. The van der Waals surface area contributed by atoms with Gasteiger partial charge < -0.3 is 28.7 Å². The van der Waals surface area contributed by atoms with Crippen molar-refractivity contribution in [1.29, 1.82) is 0 Å². The molecule has 0 saturated carbocycles. The van der Waals surface area contributed by atoms with Gasteiger partial charge in [-0.3, -0.25) is 9.59 Å². The van der Waals surface area contributed by atoms with Crippen molar-refractivity contribution in [2.75, 3.05) is 21.0 Å². The van der Waals surface area contributed by atoms with Crippen LogP contribution in [0, 0.1) is 0 Å². The van der Waals surface area contributed by atoms with Crippen LogP contribution < -0.4 is 29.2 Å². The van der Waals surface area contributed by atoms with Crippen LogP contribution in [0.3, 0.4) is 0 Å². The predicted molar refractivity (Wildman–Crippen MR) is 102 cm³/mol. The Hall–Kier alpha value is -3.68. The first-order valence-electron chi connectivity index (χ1n) is 9.02. The van der Waals surface area contributed by atoms with Gasteiger partial charge in [0.05, 0.1) is 31.7 Å². The summed E-state index contributed by atoms with van der Waals surface area (Å²) in [7, 11) is 3.01. The molecule has 1 atom stereocenters. The van der Waals surface area contributed by atoms with Crippen LogP contribution in [0.2, 0.25) is 0 Å². The second-order valence-electron chi connectivity index (χ2n) is 6.74. The van der Waals surface area contributed by atoms with Gasteiger partial charge in [-0.25, -0.2) is 0 Å². The zero-order valence-electron chi connectivity index (χ0n) is 15.7. The number of esters is 1. The zero-order chi connectivity index (χ0) is 20.1. The molecule has 1 aromatic heterocycles. The lowest BCUT2D eigenvalue weighted by molar-refractivity contribution is -0.135. The van der Waals surface area contributed by atoms with Crippen molar-refractivity contribution in [3.8, 4) is 28.7 Å². The van der Waals surface area contributed by atoms with Crippen molar-refractivity contribution in [2.45, 2.75) is 12.3 Å². The van der Waals surface area contributed by atoms with Crippen molar-refractivity contribution < 1.29 is 28.5 Å². The number of H-pyrrole nitrogens is 1. The largest absolute Gasteiger partial charge is 0.493 e. The van der Waals surface area contributed by atoms with Crippen LogP contribution in [0.1, 0.15) is 23.5 Å². The fraction of sp³-hybridized carbons (Fsp3) is 0.238. The monoisotopic (exact) mass is 395 g/mol. The highest BCUT2D eigenvalue weighted by Gasteiger charge is 2.37. The van der Waals surface area contributed by atoms with Gasteiger partial charge >= 0.3 is 5.97 Å². The van der Waals surface area contributed by atoms with E-state index in [1.54, 1.807) is 24.3 Å². The van der Waals surface area contributed by atoms with E-state index in [0.717, 1.165) is 0 Å². The Labute approximate surface area is 164 Å². The Morgan fingerprint density at radius 1 is 1.03 bits per heavy atom. The molecule has 0 aliphatic carbocycles. The molecule has 8 nitrogen and oxygen atoms in total. The number of hydrogen-bond donors (Lipinski definition) is 1. The highest BCUT2D eigenvalue weighted by Crippen LogP contribution is 2.53. The molecule has 2 aliphatic heterocycles. The number of nitrogens with one attached hydrogen (secondary N) is 1. The van der Waals surface area contributed by atoms with E-state index in [1.165, 1.54) is 14.2 Å². The van der Waals surface area contributed by atoms with Crippen LogP contribution in [0.4, 0.5) is 0 Å². The molecule has 3 heterocycles. The summed E-state index contributed by atoms with van der Waals surface area (Å²) in [6, 6.07) is 8.91. The summed E-state index contributed by atoms with van der Waals surface area (Å²) in [4.78, 5) is 28.3. The number of methoxy groups -OCH3 is 2. The average Bonchev–Trinajstić information content (AvgIpc) is 3.21. The molecular weight excluding hydrogens is 378 g/mol. The lowest BCUT2D eigenvalue weighted by atomic mass is 9.85. The molecule has 148 valence electrons. The third-order valence-corrected chi connectivity index (χ3v) is 5.24. The minimum Gasteiger partial charge on any atom is -0.493 e. The maximum Gasteiger partial charge on any atom is 0.312 e. The van der Waals surface area contributed by atoms with Gasteiger partial charge in [0.25, 0.3) is 5.56 Å². The lowest BCUT2D eigenvalue weighted by Crippen LogP contribution is -2.28. The number of aromatic nitrogens is 1. The number of fused-ring (bicyclic) bond motifs is 4. The average molecular weight is 395 g/mol. The maximum atomic E-state index is 13.0. The van der Waals surface area contributed by atoms with E-state index in [2.05, 4.69) is 4.98 Å². The van der Waals surface area contributed by atoms with Crippen LogP contribution in [0.15, 0.2) is 35.1 Å². The molecule has 0 spiro atoms. The first-order chi connectivity index (χ1) is 14.1. The predicted octanol–water partition coefficient (Wildman–Crippen LogP) is 2.72. The lowest BCUT2D eigenvalue weighted by Gasteiger charge is -2.26. The number of para-hydroxylation sites is 1. The number of hydrogen-bond acceptors (Lipinski definition) is 7. The summed E-state index contributed by atoms with van der Waals surface area (Å²) in [6.07, 6.45) is -0.0203. The number of aromatic amines is 1. The van der Waals surface area contributed by atoms with Crippen molar-refractivity contribution in [1.82, 2.24) is 4.98 Å². The third kappa shape index (κ3) is 2.52. The number of carbonyl (C=O) groups excluding carboxylic acids is 1. The summed E-state index contributed by atoms with van der Waals surface area (Å²) in [5.74, 6) is 0.889. The quantitative estimate of drug-likeness (QED) is 0.681. The van der Waals surface area contributed by atoms with Crippen LogP contribution in [-0.4, -0.2) is 32.0 Å². The Morgan fingerprint density at radius 3 is 2.62 bits per heavy atom. The summed E-state index contributed by atoms with van der Waals surface area (Å²) >= 11 is 0. The number of carbonyl (C=O) groups is 1. The molecule has 3 aromatic rings. The molecule has 2 aliphatic rings. The van der Waals surface area contributed by atoms with E-state index in [0.29, 0.717) is 45.0 Å². The van der Waals surface area contributed by atoms with Gasteiger partial charge in [0.15, 0.2) is 11.5 Å². The minimum absolute atomic E-state index is 0.0203. The fourth-order valence-electron chi connectivity index (χ4n) is 4.00. The van der Waals surface area contributed by atoms with Crippen LogP contribution in [0.25, 0.3) is 10.9 Å². The van der Waals surface area contributed by atoms with Gasteiger partial charge in [-0.05, 0) is 18.2 Å². The SMILES string of the molecule is COc1cc([C@H]2CC(=O)Oc3c2c(=O)[nH]c2ccccc32)c(OC)c2c1OCO2. The summed E-state index contributed by atoms with van der Waals surface area (Å²) in [5, 5.41) is 0.659. The molecule has 2 aromatic carbocycles. The molecule has 0 radical (unpaired) electrons. The number of rotatable bonds is 3. The van der Waals surface area contributed by atoms with Crippen molar-refractivity contribution in [3.05, 3.63) is 51.8 Å². The Morgan fingerprint density at radius 2 is 1.83 bits per heavy atom. The first kappa shape index (κ1) is 17.4. The summed E-state index contributed by atoms with van der Waals surface area (Å²) < 4.78 is 27.6. The minimum atomic E-state index is -0.599. The maximum absolute atomic E-state index is 13.0. The molecule has 8 heteroatoms. The number of ether oxygens (including phenoxy) is 5. The van der Waals surface area contributed by atoms with Gasteiger partial charge in [-0.1, -0.05) is 12.1 Å². The molecule has 0 saturated heterocycles. The normalized spacial score (nSPS) is 17.0. The molecule has 29 heavy (non-hydrogen) atoms. The van der Waals surface area contributed by atoms with Gasteiger partial charge in [-0.2, -0.15) is 0 Å². The van der Waals surface area contributed by atoms with E-state index in [4.69, 9.17) is 23.7 Å². The van der Waals surface area contributed by atoms with E-state index in [-0.39, 0.29) is 24.5 Å². The van der Waals surface area contributed by atoms with E-state index in [1.807, 2.05) is 6.07 Å². The molecule has 0 unspecified atom stereocenters. The van der Waals surface area contributed by atoms with Crippen LogP contribution >= 0.6 is 0 Å². The Balaban J connectivity index is 1.81. The number of pyridine rings is 1. The highest BCUT2D eigenvalue weighted by atomic mass is 16.7. The molecule has 0 bridgehead atoms. The van der Waals surface area contributed by atoms with E-state index in [9.17, 15) is 9.59 Å². The van der Waals surface area contributed by atoms with Crippen molar-refractivity contribution in [3.63, 3.8) is 0 Å². The molecular formula is C21H17NO7. The first-order valence-corrected chi connectivity index (χ1v) is 9.02. The van der Waals surface area contributed by atoms with E-state index < -0.39 is 11.9 Å². The molecule has 5 rings (SSSR count). The van der Waals surface area contributed by atoms with Crippen LogP contribution in [-0.2, 0) is 4.79 Å². The van der Waals surface area contributed by atoms with Gasteiger partial charge in [0.2, 0.25) is 18.3 Å².